The molecular weight excluding hydrogens is 454 g/mol. The second kappa shape index (κ2) is 11.2. The van der Waals surface area contributed by atoms with E-state index in [0.29, 0.717) is 6.54 Å². The summed E-state index contributed by atoms with van der Waals surface area (Å²) in [6.07, 6.45) is 0.367. The lowest BCUT2D eigenvalue weighted by Crippen LogP contribution is -2.33. The van der Waals surface area contributed by atoms with Crippen molar-refractivity contribution in [2.24, 2.45) is 4.99 Å². The van der Waals surface area contributed by atoms with Crippen molar-refractivity contribution in [2.75, 3.05) is 6.54 Å². The van der Waals surface area contributed by atoms with Crippen molar-refractivity contribution in [1.82, 2.24) is 9.88 Å². The number of aromatic nitrogens is 1. The van der Waals surface area contributed by atoms with Crippen LogP contribution < -0.4 is 10.1 Å². The Hall–Kier alpha value is -3.64. The number of ether oxygens (including phenoxy) is 1. The molecule has 0 aliphatic carbocycles. The summed E-state index contributed by atoms with van der Waals surface area (Å²) in [7, 11) is 0. The summed E-state index contributed by atoms with van der Waals surface area (Å²) in [6, 6.07) is 29.0. The Morgan fingerprint density at radius 2 is 1.49 bits per heavy atom. The maximum Gasteiger partial charge on any atom is 0.407 e. The van der Waals surface area contributed by atoms with E-state index in [1.165, 1.54) is 11.1 Å². The highest BCUT2D eigenvalue weighted by atomic mass is 32.1. The van der Waals surface area contributed by atoms with Gasteiger partial charge in [0, 0.05) is 18.5 Å². The predicted molar refractivity (Wildman–Crippen MR) is 144 cm³/mol. The maximum atomic E-state index is 12.0. The van der Waals surface area contributed by atoms with Crippen LogP contribution in [0.4, 0.5) is 10.5 Å². The summed E-state index contributed by atoms with van der Waals surface area (Å²) in [5, 5.41) is 5.01. The zero-order valence-corrected chi connectivity index (χ0v) is 21.2. The van der Waals surface area contributed by atoms with Crippen LogP contribution in [0.25, 0.3) is 22.4 Å². The number of thiazole rings is 1. The Kier molecular flexibility index (Phi) is 7.83. The number of rotatable bonds is 7. The van der Waals surface area contributed by atoms with Crippen molar-refractivity contribution in [3.05, 3.63) is 95.1 Å². The number of carbonyl (C=O) groups excluding carboxylic acids is 1. The molecule has 0 bridgehead atoms. The molecule has 4 aromatic rings. The van der Waals surface area contributed by atoms with Crippen molar-refractivity contribution < 1.29 is 9.53 Å². The van der Waals surface area contributed by atoms with E-state index in [9.17, 15) is 4.79 Å². The molecule has 6 heteroatoms. The van der Waals surface area contributed by atoms with Crippen LogP contribution >= 0.6 is 11.3 Å². The first kappa shape index (κ1) is 24.5. The molecule has 1 aromatic heterocycles. The van der Waals surface area contributed by atoms with E-state index in [4.69, 9.17) is 9.73 Å². The van der Waals surface area contributed by atoms with Crippen LogP contribution in [0, 0.1) is 0 Å². The molecule has 0 saturated heterocycles. The van der Waals surface area contributed by atoms with Crippen LogP contribution in [0.1, 0.15) is 27.2 Å². The van der Waals surface area contributed by atoms with Crippen LogP contribution in [0.5, 0.6) is 0 Å². The second-order valence-electron chi connectivity index (χ2n) is 9.23. The van der Waals surface area contributed by atoms with Crippen LogP contribution in [-0.4, -0.2) is 22.8 Å². The van der Waals surface area contributed by atoms with Gasteiger partial charge < -0.3 is 14.6 Å². The predicted octanol–water partition coefficient (Wildman–Crippen LogP) is 7.03. The largest absolute Gasteiger partial charge is 0.444 e. The van der Waals surface area contributed by atoms with Crippen LogP contribution in [0.2, 0.25) is 0 Å². The molecule has 4 rings (SSSR count). The smallest absolute Gasteiger partial charge is 0.407 e. The van der Waals surface area contributed by atoms with Crippen molar-refractivity contribution >= 4 is 23.1 Å². The molecule has 0 unspecified atom stereocenters. The summed E-state index contributed by atoms with van der Waals surface area (Å²) in [5.41, 5.74) is 5.04. The number of nitrogens with one attached hydrogen (secondary N) is 1. The molecule has 1 heterocycles. The highest BCUT2D eigenvalue weighted by molar-refractivity contribution is 7.07. The molecule has 5 nitrogen and oxygen atoms in total. The Morgan fingerprint density at radius 3 is 2.14 bits per heavy atom. The number of hydrogen-bond donors (Lipinski definition) is 1. The number of alkyl carbamates (subject to hydrolysis) is 1. The van der Waals surface area contributed by atoms with Crippen LogP contribution in [0.3, 0.4) is 0 Å². The molecule has 35 heavy (non-hydrogen) atoms. The van der Waals surface area contributed by atoms with Gasteiger partial charge in [0.05, 0.1) is 11.4 Å². The lowest BCUT2D eigenvalue weighted by atomic mass is 10.0. The summed E-state index contributed by atoms with van der Waals surface area (Å²) in [6.45, 7) is 6.83. The third-order valence-corrected chi connectivity index (χ3v) is 6.16. The summed E-state index contributed by atoms with van der Waals surface area (Å²) >= 11 is 1.62. The first-order chi connectivity index (χ1) is 16.9. The Bertz CT molecular complexity index is 1300. The lowest BCUT2D eigenvalue weighted by Gasteiger charge is -2.19. The van der Waals surface area contributed by atoms with Gasteiger partial charge in [0.25, 0.3) is 0 Å². The van der Waals surface area contributed by atoms with Crippen LogP contribution in [-0.2, 0) is 11.3 Å². The lowest BCUT2D eigenvalue weighted by molar-refractivity contribution is 0.0526. The Morgan fingerprint density at radius 1 is 0.886 bits per heavy atom. The first-order valence-electron chi connectivity index (χ1n) is 11.8. The third kappa shape index (κ3) is 6.93. The summed E-state index contributed by atoms with van der Waals surface area (Å²) < 4.78 is 7.57. The molecule has 1 amide bonds. The normalized spacial score (nSPS) is 11.9. The fraction of sp³-hybridized carbons (Fsp3) is 0.241. The van der Waals surface area contributed by atoms with Gasteiger partial charge in [-0.3, -0.25) is 0 Å². The molecule has 180 valence electrons. The summed E-state index contributed by atoms with van der Waals surface area (Å²) in [4.78, 5) is 17.8. The van der Waals surface area contributed by atoms with E-state index < -0.39 is 11.7 Å². The van der Waals surface area contributed by atoms with Gasteiger partial charge in [0.1, 0.15) is 5.60 Å². The minimum Gasteiger partial charge on any atom is -0.444 e. The van der Waals surface area contributed by atoms with Gasteiger partial charge in [-0.25, -0.2) is 9.79 Å². The SMILES string of the molecule is CC(C)(C)OC(=O)NCCCn1c(-c2ccc(-c3ccccc3)cc2)cs/c1=N/c1ccccc1. The fourth-order valence-corrected chi connectivity index (χ4v) is 4.64. The highest BCUT2D eigenvalue weighted by Gasteiger charge is 2.15. The molecule has 0 aliphatic rings. The zero-order chi connectivity index (χ0) is 24.7. The number of carbonyl (C=O) groups is 1. The minimum atomic E-state index is -0.507. The standard InChI is InChI=1S/C29H31N3O2S/c1-29(2,3)34-28(33)30-19-10-20-32-26(21-35-27(32)31-25-13-8-5-9-14-25)24-17-15-23(16-18-24)22-11-6-4-7-12-22/h4-9,11-18,21H,10,19-20H2,1-3H3,(H,30,33)/b31-27+. The number of para-hydroxylation sites is 1. The van der Waals surface area contributed by atoms with Gasteiger partial charge in [-0.1, -0.05) is 72.8 Å². The molecule has 0 radical (unpaired) electrons. The van der Waals surface area contributed by atoms with Gasteiger partial charge >= 0.3 is 6.09 Å². The van der Waals surface area contributed by atoms with E-state index in [1.54, 1.807) is 11.3 Å². The van der Waals surface area contributed by atoms with Crippen LogP contribution in [0.15, 0.2) is 95.3 Å². The molecule has 0 atom stereocenters. The van der Waals surface area contributed by atoms with Crippen molar-refractivity contribution in [3.63, 3.8) is 0 Å². The first-order valence-corrected chi connectivity index (χ1v) is 12.7. The minimum absolute atomic E-state index is 0.390. The van der Waals surface area contributed by atoms with Gasteiger partial charge in [0.15, 0.2) is 4.80 Å². The summed E-state index contributed by atoms with van der Waals surface area (Å²) in [5.74, 6) is 0. The van der Waals surface area contributed by atoms with E-state index in [2.05, 4.69) is 63.8 Å². The average molecular weight is 486 g/mol. The van der Waals surface area contributed by atoms with Gasteiger partial charge in [-0.2, -0.15) is 0 Å². The fourth-order valence-electron chi connectivity index (χ4n) is 3.68. The molecule has 0 saturated carbocycles. The van der Waals surface area contributed by atoms with E-state index in [0.717, 1.165) is 34.7 Å². The molecule has 0 aliphatic heterocycles. The van der Waals surface area contributed by atoms with Crippen molar-refractivity contribution in [1.29, 1.82) is 0 Å². The third-order valence-electron chi connectivity index (χ3n) is 5.29. The number of hydrogen-bond acceptors (Lipinski definition) is 4. The molecule has 0 spiro atoms. The van der Waals surface area contributed by atoms with E-state index >= 15 is 0 Å². The Labute approximate surface area is 210 Å². The van der Waals surface area contributed by atoms with Gasteiger partial charge in [-0.15, -0.1) is 11.3 Å². The van der Waals surface area contributed by atoms with E-state index in [1.807, 2.05) is 57.2 Å². The highest BCUT2D eigenvalue weighted by Crippen LogP contribution is 2.26. The quantitative estimate of drug-likeness (QED) is 0.286. The molecular formula is C29H31N3O2S. The van der Waals surface area contributed by atoms with Crippen molar-refractivity contribution in [3.8, 4) is 22.4 Å². The maximum absolute atomic E-state index is 12.0. The average Bonchev–Trinajstić information content (AvgIpc) is 3.24. The topological polar surface area (TPSA) is 55.6 Å². The number of nitrogens with zero attached hydrogens (tertiary/aromatic N) is 2. The molecule has 0 fully saturated rings. The number of benzene rings is 3. The second-order valence-corrected chi connectivity index (χ2v) is 10.1. The zero-order valence-electron chi connectivity index (χ0n) is 20.4. The van der Waals surface area contributed by atoms with E-state index in [-0.39, 0.29) is 0 Å². The molecule has 1 N–H and O–H groups in total. The number of amides is 1. The monoisotopic (exact) mass is 485 g/mol. The van der Waals surface area contributed by atoms with Gasteiger partial charge in [-0.05, 0) is 56.0 Å². The van der Waals surface area contributed by atoms with Crippen molar-refractivity contribution in [2.45, 2.75) is 39.3 Å². The Balaban J connectivity index is 1.56. The molecule has 3 aromatic carbocycles. The van der Waals surface area contributed by atoms with Gasteiger partial charge in [0.2, 0.25) is 0 Å².